The Labute approximate surface area is 174 Å². The second-order valence-corrected chi connectivity index (χ2v) is 8.27. The molecule has 0 radical (unpaired) electrons. The van der Waals surface area contributed by atoms with Crippen molar-refractivity contribution in [2.75, 3.05) is 32.8 Å². The minimum absolute atomic E-state index is 0.0233. The van der Waals surface area contributed by atoms with E-state index in [-0.39, 0.29) is 11.7 Å². The average Bonchev–Trinajstić information content (AvgIpc) is 3.05. The molecule has 0 atom stereocenters. The molecule has 0 bridgehead atoms. The third-order valence-corrected chi connectivity index (χ3v) is 6.07. The first-order chi connectivity index (χ1) is 13.4. The van der Waals surface area contributed by atoms with Crippen LogP contribution < -0.4 is 4.74 Å². The molecule has 1 fully saturated rings. The molecular formula is C21H24N2O3S2. The molecule has 1 heterocycles. The summed E-state index contributed by atoms with van der Waals surface area (Å²) in [6.07, 6.45) is 3.92. The number of aromatic hydroxyl groups is 1. The summed E-state index contributed by atoms with van der Waals surface area (Å²) >= 11 is 3.17. The molecule has 5 nitrogen and oxygen atoms in total. The zero-order valence-electron chi connectivity index (χ0n) is 16.4. The van der Waals surface area contributed by atoms with Gasteiger partial charge in [-0.05, 0) is 60.2 Å². The third-order valence-electron chi connectivity index (χ3n) is 4.37. The molecule has 7 heteroatoms. The largest absolute Gasteiger partial charge is 0.504 e. The van der Waals surface area contributed by atoms with Crippen LogP contribution in [0.1, 0.15) is 12.5 Å². The summed E-state index contributed by atoms with van der Waals surface area (Å²) in [5.41, 5.74) is 2.69. The molecule has 0 saturated carbocycles. The van der Waals surface area contributed by atoms with E-state index in [2.05, 4.69) is 6.07 Å². The smallest absolute Gasteiger partial charge is 0.275 e. The highest BCUT2D eigenvalue weighted by Gasteiger charge is 2.28. The lowest BCUT2D eigenvalue weighted by atomic mass is 9.98. The summed E-state index contributed by atoms with van der Waals surface area (Å²) in [5, 5.41) is 13.9. The van der Waals surface area contributed by atoms with Crippen LogP contribution in [0.5, 0.6) is 11.5 Å². The van der Waals surface area contributed by atoms with Crippen LogP contribution in [0.25, 0.3) is 17.2 Å². The van der Waals surface area contributed by atoms with Gasteiger partial charge in [-0.2, -0.15) is 0 Å². The first-order valence-electron chi connectivity index (χ1n) is 8.92. The lowest BCUT2D eigenvalue weighted by molar-refractivity contribution is -0.136. The van der Waals surface area contributed by atoms with Crippen molar-refractivity contribution in [2.45, 2.75) is 11.8 Å². The molecule has 148 valence electrons. The van der Waals surface area contributed by atoms with Gasteiger partial charge in [0.2, 0.25) is 0 Å². The van der Waals surface area contributed by atoms with Crippen molar-refractivity contribution in [3.63, 3.8) is 0 Å². The summed E-state index contributed by atoms with van der Waals surface area (Å²) < 4.78 is 5.57. The molecule has 0 unspecified atom stereocenters. The van der Waals surface area contributed by atoms with Gasteiger partial charge in [0.1, 0.15) is 0 Å². The number of phenolic OH excluding ortho intramolecular Hbond substituents is 1. The topological polar surface area (TPSA) is 53.0 Å². The first-order valence-corrected chi connectivity index (χ1v) is 11.1. The van der Waals surface area contributed by atoms with Gasteiger partial charge in [0, 0.05) is 19.0 Å². The van der Waals surface area contributed by atoms with Crippen molar-refractivity contribution in [3.8, 4) is 22.6 Å². The van der Waals surface area contributed by atoms with E-state index in [0.29, 0.717) is 23.1 Å². The molecular weight excluding hydrogens is 392 g/mol. The Hall–Kier alpha value is -2.09. The van der Waals surface area contributed by atoms with Gasteiger partial charge in [-0.3, -0.25) is 9.80 Å². The van der Waals surface area contributed by atoms with E-state index >= 15 is 0 Å². The normalized spacial score (nSPS) is 15.7. The molecule has 1 N–H and O–H groups in total. The Morgan fingerprint density at radius 2 is 2.11 bits per heavy atom. The van der Waals surface area contributed by atoms with E-state index in [9.17, 15) is 9.90 Å². The Bertz CT molecular complexity index is 913. The Morgan fingerprint density at radius 1 is 1.32 bits per heavy atom. The zero-order valence-corrected chi connectivity index (χ0v) is 18.1. The van der Waals surface area contributed by atoms with Crippen molar-refractivity contribution in [2.24, 2.45) is 0 Å². The van der Waals surface area contributed by atoms with Crippen LogP contribution in [0.2, 0.25) is 0 Å². The van der Waals surface area contributed by atoms with Crippen LogP contribution in [-0.4, -0.2) is 53.9 Å². The Kier molecular flexibility index (Phi) is 6.59. The van der Waals surface area contributed by atoms with Gasteiger partial charge in [-0.15, -0.1) is 11.8 Å². The van der Waals surface area contributed by atoms with Gasteiger partial charge in [-0.1, -0.05) is 23.9 Å². The number of nitrogens with zero attached hydrogens (tertiary/aromatic N) is 2. The summed E-state index contributed by atoms with van der Waals surface area (Å²) in [6, 6.07) is 11.6. The standard InChI is InChI=1S/C21H24N2O3S2/c1-5-26-19-10-15(11-20-21(25)23(13-28-20)22(2)3)17(12-18(19)24)14-7-6-8-16(9-14)27-4/h6-12,24H,5,13H2,1-4H3. The highest BCUT2D eigenvalue weighted by Crippen LogP contribution is 2.39. The van der Waals surface area contributed by atoms with E-state index in [0.717, 1.165) is 21.6 Å². The summed E-state index contributed by atoms with van der Waals surface area (Å²) in [7, 11) is 3.71. The van der Waals surface area contributed by atoms with Gasteiger partial charge in [0.05, 0.1) is 17.4 Å². The number of hydrazine groups is 1. The van der Waals surface area contributed by atoms with Crippen LogP contribution in [0.3, 0.4) is 0 Å². The second-order valence-electron chi connectivity index (χ2n) is 6.41. The highest BCUT2D eigenvalue weighted by molar-refractivity contribution is 8.04. The van der Waals surface area contributed by atoms with Crippen molar-refractivity contribution < 1.29 is 14.6 Å². The quantitative estimate of drug-likeness (QED) is 0.552. The van der Waals surface area contributed by atoms with Crippen molar-refractivity contribution in [3.05, 3.63) is 46.9 Å². The minimum atomic E-state index is -0.0233. The molecule has 0 spiro atoms. The molecule has 0 aliphatic carbocycles. The first kappa shape index (κ1) is 20.6. The zero-order chi connectivity index (χ0) is 20.3. The summed E-state index contributed by atoms with van der Waals surface area (Å²) in [5.74, 6) is 1.07. The number of rotatable bonds is 6. The van der Waals surface area contributed by atoms with Crippen molar-refractivity contribution in [1.82, 2.24) is 10.0 Å². The van der Waals surface area contributed by atoms with E-state index < -0.39 is 0 Å². The molecule has 1 aliphatic heterocycles. The molecule has 0 aromatic heterocycles. The van der Waals surface area contributed by atoms with Gasteiger partial charge < -0.3 is 9.84 Å². The fraction of sp³-hybridized carbons (Fsp3) is 0.286. The maximum absolute atomic E-state index is 12.7. The fourth-order valence-electron chi connectivity index (χ4n) is 2.94. The lowest BCUT2D eigenvalue weighted by Crippen LogP contribution is -2.37. The number of carbonyl (C=O) groups excluding carboxylic acids is 1. The van der Waals surface area contributed by atoms with E-state index in [1.54, 1.807) is 33.9 Å². The summed E-state index contributed by atoms with van der Waals surface area (Å²) in [4.78, 5) is 14.5. The van der Waals surface area contributed by atoms with Crippen LogP contribution in [0.4, 0.5) is 0 Å². The van der Waals surface area contributed by atoms with Crippen LogP contribution in [0.15, 0.2) is 46.2 Å². The van der Waals surface area contributed by atoms with Gasteiger partial charge in [-0.25, -0.2) is 5.01 Å². The number of thioether (sulfide) groups is 2. The molecule has 2 aromatic carbocycles. The van der Waals surface area contributed by atoms with Gasteiger partial charge in [0.25, 0.3) is 5.91 Å². The summed E-state index contributed by atoms with van der Waals surface area (Å²) in [6.45, 7) is 2.33. The number of amides is 1. The van der Waals surface area contributed by atoms with Crippen LogP contribution in [0, 0.1) is 0 Å². The lowest BCUT2D eigenvalue weighted by Gasteiger charge is -2.21. The van der Waals surface area contributed by atoms with E-state index in [4.69, 9.17) is 4.74 Å². The maximum atomic E-state index is 12.7. The Balaban J connectivity index is 2.11. The third kappa shape index (κ3) is 4.32. The molecule has 2 aromatic rings. The number of carbonyl (C=O) groups is 1. The number of hydrogen-bond donors (Lipinski definition) is 1. The fourth-order valence-corrected chi connectivity index (χ4v) is 4.44. The number of ether oxygens (including phenoxy) is 1. The van der Waals surface area contributed by atoms with Gasteiger partial charge in [0.15, 0.2) is 11.5 Å². The highest BCUT2D eigenvalue weighted by atomic mass is 32.2. The van der Waals surface area contributed by atoms with Crippen LogP contribution in [-0.2, 0) is 4.79 Å². The number of benzene rings is 2. The molecule has 28 heavy (non-hydrogen) atoms. The number of hydrogen-bond acceptors (Lipinski definition) is 6. The maximum Gasteiger partial charge on any atom is 0.275 e. The SMILES string of the molecule is CCOc1cc(C=C2SCN(N(C)C)C2=O)c(-c2cccc(SC)c2)cc1O. The molecule has 1 saturated heterocycles. The van der Waals surface area contributed by atoms with E-state index in [1.165, 1.54) is 11.8 Å². The monoisotopic (exact) mass is 416 g/mol. The molecule has 3 rings (SSSR count). The number of phenols is 1. The molecule has 1 aliphatic rings. The van der Waals surface area contributed by atoms with Crippen LogP contribution >= 0.6 is 23.5 Å². The van der Waals surface area contributed by atoms with E-state index in [1.807, 2.05) is 51.5 Å². The van der Waals surface area contributed by atoms with Crippen molar-refractivity contribution in [1.29, 1.82) is 0 Å². The molecule has 1 amide bonds. The Morgan fingerprint density at radius 3 is 2.75 bits per heavy atom. The van der Waals surface area contributed by atoms with Gasteiger partial charge >= 0.3 is 0 Å². The predicted molar refractivity (Wildman–Crippen MR) is 117 cm³/mol. The predicted octanol–water partition coefficient (Wildman–Crippen LogP) is 4.53. The second kappa shape index (κ2) is 8.94. The average molecular weight is 417 g/mol. The minimum Gasteiger partial charge on any atom is -0.504 e. The van der Waals surface area contributed by atoms with Crippen molar-refractivity contribution >= 4 is 35.5 Å².